The molecule has 0 radical (unpaired) electrons. The number of likely N-dealkylation sites (tertiary alicyclic amines) is 1. The Kier molecular flexibility index (Phi) is 4.15. The third-order valence-electron chi connectivity index (χ3n) is 3.40. The van der Waals surface area contributed by atoms with Gasteiger partial charge in [0.2, 0.25) is 0 Å². The molecule has 0 aromatic heterocycles. The Hall–Kier alpha value is -1.52. The molecule has 2 unspecified atom stereocenters. The number of hydrogen-bond acceptors (Lipinski definition) is 2. The summed E-state index contributed by atoms with van der Waals surface area (Å²) in [6, 6.07) is -0.918. The second-order valence-electron chi connectivity index (χ2n) is 4.71. The molecule has 0 aromatic rings. The van der Waals surface area contributed by atoms with Crippen molar-refractivity contribution in [3.8, 4) is 0 Å². The smallest absolute Gasteiger partial charge is 0.408 e. The summed E-state index contributed by atoms with van der Waals surface area (Å²) in [5, 5.41) is 18.1. The Bertz CT molecular complexity index is 304. The zero-order valence-electron chi connectivity index (χ0n) is 10.1. The zero-order valence-corrected chi connectivity index (χ0v) is 10.1. The minimum Gasteiger partial charge on any atom is -0.480 e. The van der Waals surface area contributed by atoms with Crippen molar-refractivity contribution >= 4 is 12.1 Å². The van der Waals surface area contributed by atoms with Gasteiger partial charge in [-0.3, -0.25) is 4.90 Å². The van der Waals surface area contributed by atoms with E-state index in [1.807, 2.05) is 6.92 Å². The summed E-state index contributed by atoms with van der Waals surface area (Å²) >= 11 is 0. The quantitative estimate of drug-likeness (QED) is 0.723. The number of carboxylic acids is 1. The fraction of sp³-hybridized carbons (Fsp3) is 0.667. The van der Waals surface area contributed by atoms with Crippen LogP contribution in [-0.2, 0) is 4.79 Å². The van der Waals surface area contributed by atoms with E-state index in [1.54, 1.807) is 6.08 Å². The lowest BCUT2D eigenvalue weighted by Gasteiger charge is -2.26. The fourth-order valence-corrected chi connectivity index (χ4v) is 2.75. The molecule has 0 bridgehead atoms. The van der Waals surface area contributed by atoms with Gasteiger partial charge in [0.25, 0.3) is 0 Å². The zero-order chi connectivity index (χ0) is 13.1. The molecule has 2 atom stereocenters. The van der Waals surface area contributed by atoms with Crippen molar-refractivity contribution < 1.29 is 19.8 Å². The number of carboxylic acid groups (broad SMARTS) is 2. The van der Waals surface area contributed by atoms with E-state index < -0.39 is 18.1 Å². The predicted molar refractivity (Wildman–Crippen MR) is 62.9 cm³/mol. The van der Waals surface area contributed by atoms with Crippen molar-refractivity contribution in [1.82, 2.24) is 4.90 Å². The maximum absolute atomic E-state index is 11.1. The molecule has 2 N–H and O–H groups in total. The highest BCUT2D eigenvalue weighted by Gasteiger charge is 2.47. The van der Waals surface area contributed by atoms with Crippen LogP contribution in [0.15, 0.2) is 12.7 Å². The first-order valence-electron chi connectivity index (χ1n) is 5.79. The molecule has 96 valence electrons. The first-order valence-corrected chi connectivity index (χ1v) is 5.79. The van der Waals surface area contributed by atoms with Gasteiger partial charge in [0.05, 0.1) is 0 Å². The summed E-state index contributed by atoms with van der Waals surface area (Å²) in [4.78, 5) is 23.2. The number of hydrogen-bond donors (Lipinski definition) is 2. The number of rotatable bonds is 5. The van der Waals surface area contributed by atoms with Crippen LogP contribution in [0.1, 0.15) is 32.6 Å². The largest absolute Gasteiger partial charge is 0.480 e. The first kappa shape index (κ1) is 13.5. The van der Waals surface area contributed by atoms with Crippen LogP contribution in [0.3, 0.4) is 0 Å². The van der Waals surface area contributed by atoms with Crippen molar-refractivity contribution in [2.45, 2.75) is 38.6 Å². The highest BCUT2D eigenvalue weighted by Crippen LogP contribution is 2.42. The molecule has 1 rings (SSSR count). The van der Waals surface area contributed by atoms with E-state index in [0.29, 0.717) is 19.4 Å². The highest BCUT2D eigenvalue weighted by molar-refractivity contribution is 5.80. The van der Waals surface area contributed by atoms with Gasteiger partial charge in [-0.25, -0.2) is 9.59 Å². The van der Waals surface area contributed by atoms with Crippen LogP contribution < -0.4 is 0 Å². The standard InChI is InChI=1S/C12H19NO4/c1-3-5-12(6-4-2)7-9(10(14)15)13(8-12)11(16)17/h3,9H,1,4-8H2,2H3,(H,14,15)(H,16,17). The SMILES string of the molecule is C=CCC1(CCC)CC(C(=O)O)N(C(=O)O)C1. The van der Waals surface area contributed by atoms with Crippen LogP contribution in [0.25, 0.3) is 0 Å². The predicted octanol–water partition coefficient (Wildman–Crippen LogP) is 2.19. The lowest BCUT2D eigenvalue weighted by Crippen LogP contribution is -2.39. The molecule has 5 nitrogen and oxygen atoms in total. The van der Waals surface area contributed by atoms with Gasteiger partial charge in [-0.1, -0.05) is 19.4 Å². The summed E-state index contributed by atoms with van der Waals surface area (Å²) in [7, 11) is 0. The van der Waals surface area contributed by atoms with E-state index in [4.69, 9.17) is 10.2 Å². The van der Waals surface area contributed by atoms with Gasteiger partial charge >= 0.3 is 12.1 Å². The molecule has 0 spiro atoms. The molecule has 5 heteroatoms. The molecular formula is C12H19NO4. The third kappa shape index (κ3) is 2.78. The Balaban J connectivity index is 2.94. The van der Waals surface area contributed by atoms with Crippen LogP contribution in [0, 0.1) is 5.41 Å². The number of aliphatic carboxylic acids is 1. The minimum atomic E-state index is -1.15. The van der Waals surface area contributed by atoms with E-state index in [9.17, 15) is 9.59 Å². The van der Waals surface area contributed by atoms with E-state index in [1.165, 1.54) is 0 Å². The van der Waals surface area contributed by atoms with E-state index in [2.05, 4.69) is 6.58 Å². The van der Waals surface area contributed by atoms with Crippen molar-refractivity contribution in [3.05, 3.63) is 12.7 Å². The van der Waals surface area contributed by atoms with E-state index in [-0.39, 0.29) is 5.41 Å². The Morgan fingerprint density at radius 1 is 1.53 bits per heavy atom. The average Bonchev–Trinajstić information content (AvgIpc) is 2.59. The number of nitrogens with zero attached hydrogens (tertiary/aromatic N) is 1. The second kappa shape index (κ2) is 5.21. The lowest BCUT2D eigenvalue weighted by atomic mass is 9.78. The highest BCUT2D eigenvalue weighted by atomic mass is 16.4. The summed E-state index contributed by atoms with van der Waals surface area (Å²) < 4.78 is 0. The average molecular weight is 241 g/mol. The van der Waals surface area contributed by atoms with E-state index in [0.717, 1.165) is 17.7 Å². The molecular weight excluding hydrogens is 222 g/mol. The van der Waals surface area contributed by atoms with Crippen LogP contribution in [-0.4, -0.2) is 39.8 Å². The number of amides is 1. The maximum Gasteiger partial charge on any atom is 0.408 e. The lowest BCUT2D eigenvalue weighted by molar-refractivity contribution is -0.141. The van der Waals surface area contributed by atoms with Crippen molar-refractivity contribution in [3.63, 3.8) is 0 Å². The second-order valence-corrected chi connectivity index (χ2v) is 4.71. The molecule has 17 heavy (non-hydrogen) atoms. The van der Waals surface area contributed by atoms with Gasteiger partial charge in [-0.05, 0) is 24.7 Å². The summed E-state index contributed by atoms with van der Waals surface area (Å²) in [5.41, 5.74) is -0.252. The molecule has 1 aliphatic heterocycles. The normalized spacial score (nSPS) is 28.1. The van der Waals surface area contributed by atoms with Crippen LogP contribution >= 0.6 is 0 Å². The molecule has 1 heterocycles. The molecule has 1 saturated heterocycles. The van der Waals surface area contributed by atoms with Crippen LogP contribution in [0.4, 0.5) is 4.79 Å². The summed E-state index contributed by atoms with van der Waals surface area (Å²) in [5.74, 6) is -1.06. The summed E-state index contributed by atoms with van der Waals surface area (Å²) in [6.07, 6.45) is 3.38. The Morgan fingerprint density at radius 2 is 2.18 bits per heavy atom. The minimum absolute atomic E-state index is 0.252. The molecule has 1 aliphatic rings. The van der Waals surface area contributed by atoms with Gasteiger partial charge in [0.15, 0.2) is 0 Å². The van der Waals surface area contributed by atoms with Crippen molar-refractivity contribution in [2.75, 3.05) is 6.54 Å². The topological polar surface area (TPSA) is 77.8 Å². The number of allylic oxidation sites excluding steroid dienone is 1. The van der Waals surface area contributed by atoms with Crippen molar-refractivity contribution in [1.29, 1.82) is 0 Å². The maximum atomic E-state index is 11.1. The van der Waals surface area contributed by atoms with Crippen LogP contribution in [0.2, 0.25) is 0 Å². The van der Waals surface area contributed by atoms with Crippen molar-refractivity contribution in [2.24, 2.45) is 5.41 Å². The Morgan fingerprint density at radius 3 is 2.53 bits per heavy atom. The fourth-order valence-electron chi connectivity index (χ4n) is 2.75. The van der Waals surface area contributed by atoms with Gasteiger partial charge < -0.3 is 10.2 Å². The van der Waals surface area contributed by atoms with Gasteiger partial charge in [0.1, 0.15) is 6.04 Å². The summed E-state index contributed by atoms with van der Waals surface area (Å²) in [6.45, 7) is 5.99. The molecule has 1 amide bonds. The molecule has 0 aromatic carbocycles. The van der Waals surface area contributed by atoms with Gasteiger partial charge in [-0.2, -0.15) is 0 Å². The monoisotopic (exact) mass is 241 g/mol. The van der Waals surface area contributed by atoms with E-state index >= 15 is 0 Å². The molecule has 0 saturated carbocycles. The van der Waals surface area contributed by atoms with Gasteiger partial charge in [0, 0.05) is 6.54 Å². The Labute approximate surface area is 101 Å². The van der Waals surface area contributed by atoms with Crippen LogP contribution in [0.5, 0.6) is 0 Å². The molecule has 1 fully saturated rings. The molecule has 0 aliphatic carbocycles. The third-order valence-corrected chi connectivity index (χ3v) is 3.40. The first-order chi connectivity index (χ1) is 7.95. The van der Waals surface area contributed by atoms with Gasteiger partial charge in [-0.15, -0.1) is 6.58 Å². The number of carbonyl (C=O) groups is 2.